The van der Waals surface area contributed by atoms with Gasteiger partial charge >= 0.3 is 0 Å². The Bertz CT molecular complexity index is 894. The van der Waals surface area contributed by atoms with Crippen LogP contribution < -0.4 is 10.0 Å². The highest BCUT2D eigenvalue weighted by molar-refractivity contribution is 7.89. The lowest BCUT2D eigenvalue weighted by Crippen LogP contribution is -2.41. The Kier molecular flexibility index (Phi) is 6.11. The van der Waals surface area contributed by atoms with E-state index in [0.29, 0.717) is 5.69 Å². The number of carbonyl (C=O) groups excluding carboxylic acids is 1. The molecule has 0 aliphatic heterocycles. The molecule has 8 heteroatoms. The van der Waals surface area contributed by atoms with Gasteiger partial charge in [0.2, 0.25) is 15.9 Å². The zero-order chi connectivity index (χ0) is 18.8. The molecule has 0 saturated carbocycles. The summed E-state index contributed by atoms with van der Waals surface area (Å²) >= 11 is 11.8. The molecule has 0 unspecified atom stereocenters. The molecule has 0 bridgehead atoms. The maximum Gasteiger partial charge on any atom is 0.242 e. The van der Waals surface area contributed by atoms with Crippen LogP contribution in [0.15, 0.2) is 41.3 Å². The van der Waals surface area contributed by atoms with Gasteiger partial charge in [-0.1, -0.05) is 41.4 Å². The lowest BCUT2D eigenvalue weighted by Gasteiger charge is -2.17. The number of aryl methyl sites for hydroxylation is 2. The van der Waals surface area contributed by atoms with Crippen LogP contribution in [-0.4, -0.2) is 20.4 Å². The minimum Gasteiger partial charge on any atom is -0.324 e. The molecule has 2 aromatic carbocycles. The molecule has 2 N–H and O–H groups in total. The van der Waals surface area contributed by atoms with Gasteiger partial charge in [-0.25, -0.2) is 8.42 Å². The number of rotatable bonds is 5. The maximum absolute atomic E-state index is 12.5. The molecule has 0 saturated heterocycles. The molecule has 2 rings (SSSR count). The summed E-state index contributed by atoms with van der Waals surface area (Å²) in [6.45, 7) is 5.19. The van der Waals surface area contributed by atoms with Gasteiger partial charge in [-0.2, -0.15) is 4.72 Å². The molecule has 0 aliphatic carbocycles. The molecule has 25 heavy (non-hydrogen) atoms. The minimum atomic E-state index is -4.00. The summed E-state index contributed by atoms with van der Waals surface area (Å²) in [6, 6.07) is 8.72. The molecule has 1 amide bonds. The van der Waals surface area contributed by atoms with Crippen LogP contribution in [0, 0.1) is 13.8 Å². The first-order valence-corrected chi connectivity index (χ1v) is 9.70. The van der Waals surface area contributed by atoms with Crippen LogP contribution >= 0.6 is 23.2 Å². The normalized spacial score (nSPS) is 12.7. The molecule has 0 radical (unpaired) electrons. The van der Waals surface area contributed by atoms with Gasteiger partial charge < -0.3 is 5.32 Å². The molecule has 0 aliphatic rings. The van der Waals surface area contributed by atoms with E-state index in [2.05, 4.69) is 10.0 Å². The molecule has 0 spiro atoms. The lowest BCUT2D eigenvalue weighted by molar-refractivity contribution is -0.117. The highest BCUT2D eigenvalue weighted by atomic mass is 35.5. The average molecular weight is 401 g/mol. The second-order valence-electron chi connectivity index (χ2n) is 5.67. The second-order valence-corrected chi connectivity index (χ2v) is 8.20. The van der Waals surface area contributed by atoms with Gasteiger partial charge in [-0.15, -0.1) is 0 Å². The van der Waals surface area contributed by atoms with E-state index in [1.807, 2.05) is 32.0 Å². The second kappa shape index (κ2) is 7.74. The fraction of sp³-hybridized carbons (Fsp3) is 0.235. The van der Waals surface area contributed by atoms with E-state index in [9.17, 15) is 13.2 Å². The highest BCUT2D eigenvalue weighted by Crippen LogP contribution is 2.25. The van der Waals surface area contributed by atoms with Crippen molar-refractivity contribution in [3.8, 4) is 0 Å². The predicted octanol–water partition coefficient (Wildman–Crippen LogP) is 3.92. The third kappa shape index (κ3) is 4.73. The summed E-state index contributed by atoms with van der Waals surface area (Å²) in [4.78, 5) is 12.2. The molecule has 0 heterocycles. The largest absolute Gasteiger partial charge is 0.324 e. The van der Waals surface area contributed by atoms with Crippen molar-refractivity contribution in [1.82, 2.24) is 4.72 Å². The maximum atomic E-state index is 12.5. The zero-order valence-corrected chi connectivity index (χ0v) is 16.3. The lowest BCUT2D eigenvalue weighted by atomic mass is 10.1. The Hall–Kier alpha value is -1.60. The van der Waals surface area contributed by atoms with Gasteiger partial charge in [-0.05, 0) is 50.1 Å². The van der Waals surface area contributed by atoms with Gasteiger partial charge in [0.05, 0.1) is 11.1 Å². The number of nitrogens with one attached hydrogen (secondary N) is 2. The Morgan fingerprint density at radius 2 is 1.68 bits per heavy atom. The quantitative estimate of drug-likeness (QED) is 0.798. The number of amides is 1. The molecule has 5 nitrogen and oxygen atoms in total. The molecule has 0 fully saturated rings. The van der Waals surface area contributed by atoms with Gasteiger partial charge in [0.1, 0.15) is 4.90 Å². The fourth-order valence-electron chi connectivity index (χ4n) is 2.28. The Morgan fingerprint density at radius 3 is 2.28 bits per heavy atom. The smallest absolute Gasteiger partial charge is 0.242 e. The first kappa shape index (κ1) is 19.7. The van der Waals surface area contributed by atoms with Crippen molar-refractivity contribution in [3.05, 3.63) is 57.6 Å². The van der Waals surface area contributed by atoms with E-state index < -0.39 is 22.0 Å². The van der Waals surface area contributed by atoms with E-state index in [0.717, 1.165) is 11.1 Å². The van der Waals surface area contributed by atoms with E-state index in [1.165, 1.54) is 25.1 Å². The molecule has 2 aromatic rings. The standard InChI is InChI=1S/C17H18Cl2N2O3S/c1-10-5-4-6-11(2)16(10)20-17(22)12(3)21-25(23,24)15-9-13(18)7-8-14(15)19/h4-9,12,21H,1-3H3,(H,20,22)/t12-/m1/s1. The van der Waals surface area contributed by atoms with E-state index in [4.69, 9.17) is 23.2 Å². The molecule has 0 aromatic heterocycles. The number of benzene rings is 2. The monoisotopic (exact) mass is 400 g/mol. The van der Waals surface area contributed by atoms with E-state index in [1.54, 1.807) is 0 Å². The molecule has 134 valence electrons. The van der Waals surface area contributed by atoms with Crippen molar-refractivity contribution < 1.29 is 13.2 Å². The number of para-hydroxylation sites is 1. The van der Waals surface area contributed by atoms with Gasteiger partial charge in [-0.3, -0.25) is 4.79 Å². The summed E-state index contributed by atoms with van der Waals surface area (Å²) in [7, 11) is -4.00. The summed E-state index contributed by atoms with van der Waals surface area (Å²) in [6.07, 6.45) is 0. The minimum absolute atomic E-state index is 0.0271. The van der Waals surface area contributed by atoms with Crippen molar-refractivity contribution in [1.29, 1.82) is 0 Å². The van der Waals surface area contributed by atoms with Crippen molar-refractivity contribution in [3.63, 3.8) is 0 Å². The molecular formula is C17H18Cl2N2O3S. The molecule has 1 atom stereocenters. The molecular weight excluding hydrogens is 383 g/mol. The van der Waals surface area contributed by atoms with Crippen LogP contribution in [0.25, 0.3) is 0 Å². The van der Waals surface area contributed by atoms with Crippen molar-refractivity contribution >= 4 is 44.8 Å². The Morgan fingerprint density at radius 1 is 1.08 bits per heavy atom. The van der Waals surface area contributed by atoms with Crippen molar-refractivity contribution in [2.24, 2.45) is 0 Å². The van der Waals surface area contributed by atoms with Crippen LogP contribution in [0.5, 0.6) is 0 Å². The van der Waals surface area contributed by atoms with Crippen molar-refractivity contribution in [2.75, 3.05) is 5.32 Å². The summed E-state index contributed by atoms with van der Waals surface area (Å²) in [5, 5.41) is 3.01. The average Bonchev–Trinajstić information content (AvgIpc) is 2.52. The number of hydrogen-bond acceptors (Lipinski definition) is 3. The first-order valence-electron chi connectivity index (χ1n) is 7.46. The SMILES string of the molecule is Cc1cccc(C)c1NC(=O)[C@@H](C)NS(=O)(=O)c1cc(Cl)ccc1Cl. The Balaban J connectivity index is 2.19. The van der Waals surface area contributed by atoms with E-state index in [-0.39, 0.29) is 14.9 Å². The number of carbonyl (C=O) groups is 1. The van der Waals surface area contributed by atoms with Gasteiger partial charge in [0.15, 0.2) is 0 Å². The third-order valence-corrected chi connectivity index (χ3v) is 5.89. The number of anilines is 1. The first-order chi connectivity index (χ1) is 11.6. The third-order valence-electron chi connectivity index (χ3n) is 3.64. The predicted molar refractivity (Wildman–Crippen MR) is 101 cm³/mol. The number of sulfonamides is 1. The summed E-state index contributed by atoms with van der Waals surface area (Å²) in [5.74, 6) is -0.473. The van der Waals surface area contributed by atoms with Crippen LogP contribution in [0.1, 0.15) is 18.1 Å². The number of hydrogen-bond donors (Lipinski definition) is 2. The highest BCUT2D eigenvalue weighted by Gasteiger charge is 2.25. The Labute approximate surface area is 157 Å². The van der Waals surface area contributed by atoms with Gasteiger partial charge in [0, 0.05) is 10.7 Å². The van der Waals surface area contributed by atoms with Crippen LogP contribution in [0.2, 0.25) is 10.0 Å². The van der Waals surface area contributed by atoms with Crippen LogP contribution in [-0.2, 0) is 14.8 Å². The summed E-state index contributed by atoms with van der Waals surface area (Å²) < 4.78 is 27.3. The zero-order valence-electron chi connectivity index (χ0n) is 13.9. The fourth-order valence-corrected chi connectivity index (χ4v) is 4.24. The van der Waals surface area contributed by atoms with Crippen molar-refractivity contribution in [2.45, 2.75) is 31.7 Å². The van der Waals surface area contributed by atoms with Crippen LogP contribution in [0.3, 0.4) is 0 Å². The number of halogens is 2. The van der Waals surface area contributed by atoms with Gasteiger partial charge in [0.25, 0.3) is 0 Å². The topological polar surface area (TPSA) is 75.3 Å². The van der Waals surface area contributed by atoms with Crippen LogP contribution in [0.4, 0.5) is 5.69 Å². The summed E-state index contributed by atoms with van der Waals surface area (Å²) in [5.41, 5.74) is 2.45. The van der Waals surface area contributed by atoms with E-state index >= 15 is 0 Å².